The van der Waals surface area contributed by atoms with E-state index in [1.54, 1.807) is 7.11 Å². The molecule has 0 saturated heterocycles. The molecule has 0 N–H and O–H groups in total. The highest BCUT2D eigenvalue weighted by Gasteiger charge is 2.28. The topological polar surface area (TPSA) is 71.1 Å². The minimum absolute atomic E-state index is 0.163. The Bertz CT molecular complexity index is 287. The number of ether oxygens (including phenoxy) is 4. The van der Waals surface area contributed by atoms with Crippen LogP contribution in [0.25, 0.3) is 0 Å². The second kappa shape index (κ2) is 10.6. The lowest BCUT2D eigenvalue weighted by Crippen LogP contribution is -2.32. The van der Waals surface area contributed by atoms with Gasteiger partial charge >= 0.3 is 11.9 Å². The maximum Gasteiger partial charge on any atom is 0.322 e. The van der Waals surface area contributed by atoms with E-state index in [9.17, 15) is 9.59 Å². The first-order valence-electron chi connectivity index (χ1n) is 6.92. The van der Waals surface area contributed by atoms with E-state index in [1.807, 2.05) is 13.8 Å². The summed E-state index contributed by atoms with van der Waals surface area (Å²) < 4.78 is 20.2. The summed E-state index contributed by atoms with van der Waals surface area (Å²) in [4.78, 5) is 23.6. The molecule has 118 valence electrons. The molecule has 0 radical (unpaired) electrons. The van der Waals surface area contributed by atoms with Gasteiger partial charge in [0.25, 0.3) is 0 Å². The van der Waals surface area contributed by atoms with Gasteiger partial charge in [-0.15, -0.1) is 0 Å². The van der Waals surface area contributed by atoms with Crippen molar-refractivity contribution in [3.05, 3.63) is 0 Å². The van der Waals surface area contributed by atoms with Gasteiger partial charge in [0, 0.05) is 20.6 Å². The van der Waals surface area contributed by atoms with Crippen LogP contribution < -0.4 is 0 Å². The molecule has 6 heteroatoms. The van der Waals surface area contributed by atoms with Crippen molar-refractivity contribution in [1.29, 1.82) is 0 Å². The van der Waals surface area contributed by atoms with Crippen LogP contribution in [0.3, 0.4) is 0 Å². The minimum Gasteiger partial charge on any atom is -0.462 e. The summed E-state index contributed by atoms with van der Waals surface area (Å²) in [5, 5.41) is 0. The maximum atomic E-state index is 11.8. The average molecular weight is 290 g/mol. The maximum absolute atomic E-state index is 11.8. The standard InChI is InChI=1S/C14H26O6/c1-6-11(7-2)19-13(15)10(3)14(16)20-12(18-5)8-9-17-4/h10-12H,6-9H2,1-5H3. The predicted octanol–water partition coefficient (Wildman–Crippen LogP) is 1.91. The van der Waals surface area contributed by atoms with Crippen LogP contribution in [0.2, 0.25) is 0 Å². The van der Waals surface area contributed by atoms with Crippen molar-refractivity contribution in [3.8, 4) is 0 Å². The Labute approximate surface area is 120 Å². The summed E-state index contributed by atoms with van der Waals surface area (Å²) in [6.07, 6.45) is 0.972. The lowest BCUT2D eigenvalue weighted by Gasteiger charge is -2.20. The SMILES string of the molecule is CCC(CC)OC(=O)C(C)C(=O)OC(CCOC)OC. The van der Waals surface area contributed by atoms with Gasteiger partial charge in [0.05, 0.1) is 6.61 Å². The Kier molecular flexibility index (Phi) is 10.0. The molecule has 2 atom stereocenters. The van der Waals surface area contributed by atoms with E-state index >= 15 is 0 Å². The van der Waals surface area contributed by atoms with Crippen LogP contribution in [0.4, 0.5) is 0 Å². The fourth-order valence-electron chi connectivity index (χ4n) is 1.49. The zero-order valence-electron chi connectivity index (χ0n) is 13.0. The van der Waals surface area contributed by atoms with E-state index < -0.39 is 24.1 Å². The Morgan fingerprint density at radius 2 is 1.55 bits per heavy atom. The fraction of sp³-hybridized carbons (Fsp3) is 0.857. The van der Waals surface area contributed by atoms with Gasteiger partial charge < -0.3 is 18.9 Å². The van der Waals surface area contributed by atoms with E-state index in [-0.39, 0.29) is 6.10 Å². The van der Waals surface area contributed by atoms with Gasteiger partial charge in [-0.1, -0.05) is 13.8 Å². The smallest absolute Gasteiger partial charge is 0.322 e. The number of rotatable bonds is 10. The third-order valence-corrected chi connectivity index (χ3v) is 2.97. The molecule has 0 aromatic rings. The summed E-state index contributed by atoms with van der Waals surface area (Å²) in [6, 6.07) is 0. The third kappa shape index (κ3) is 6.86. The van der Waals surface area contributed by atoms with Crippen LogP contribution in [-0.2, 0) is 28.5 Å². The van der Waals surface area contributed by atoms with Crippen molar-refractivity contribution in [3.63, 3.8) is 0 Å². The summed E-state index contributed by atoms with van der Waals surface area (Å²) >= 11 is 0. The van der Waals surface area contributed by atoms with E-state index in [2.05, 4.69) is 0 Å². The van der Waals surface area contributed by atoms with Crippen LogP contribution in [0.15, 0.2) is 0 Å². The molecule has 0 spiro atoms. The fourth-order valence-corrected chi connectivity index (χ4v) is 1.49. The zero-order valence-corrected chi connectivity index (χ0v) is 13.0. The molecule has 0 aromatic carbocycles. The Hall–Kier alpha value is -1.14. The molecular weight excluding hydrogens is 264 g/mol. The van der Waals surface area contributed by atoms with Gasteiger partial charge in [0.15, 0.2) is 5.92 Å². The summed E-state index contributed by atoms with van der Waals surface area (Å²) in [5.74, 6) is -2.18. The Morgan fingerprint density at radius 1 is 1.00 bits per heavy atom. The number of hydrogen-bond acceptors (Lipinski definition) is 6. The molecule has 0 aliphatic heterocycles. The van der Waals surface area contributed by atoms with Crippen molar-refractivity contribution in [1.82, 2.24) is 0 Å². The van der Waals surface area contributed by atoms with Gasteiger partial charge in [-0.2, -0.15) is 0 Å². The van der Waals surface area contributed by atoms with Crippen molar-refractivity contribution >= 4 is 11.9 Å². The summed E-state index contributed by atoms with van der Waals surface area (Å²) in [7, 11) is 2.98. The van der Waals surface area contributed by atoms with Gasteiger partial charge in [0.1, 0.15) is 6.10 Å². The largest absolute Gasteiger partial charge is 0.462 e. The molecule has 0 aromatic heterocycles. The molecule has 0 heterocycles. The molecular formula is C14H26O6. The summed E-state index contributed by atoms with van der Waals surface area (Å²) in [5.41, 5.74) is 0. The van der Waals surface area contributed by atoms with Crippen molar-refractivity contribution in [2.24, 2.45) is 5.92 Å². The lowest BCUT2D eigenvalue weighted by molar-refractivity contribution is -0.185. The quantitative estimate of drug-likeness (QED) is 0.348. The predicted molar refractivity (Wildman–Crippen MR) is 73.0 cm³/mol. The minimum atomic E-state index is -0.962. The third-order valence-electron chi connectivity index (χ3n) is 2.97. The van der Waals surface area contributed by atoms with Crippen LogP contribution in [-0.4, -0.2) is 45.2 Å². The number of carbonyl (C=O) groups excluding carboxylic acids is 2. The van der Waals surface area contributed by atoms with Gasteiger partial charge in [-0.05, 0) is 19.8 Å². The summed E-state index contributed by atoms with van der Waals surface area (Å²) in [6.45, 7) is 5.72. The normalized spacial score (nSPS) is 13.9. The first-order valence-corrected chi connectivity index (χ1v) is 6.92. The molecule has 6 nitrogen and oxygen atoms in total. The van der Waals surface area contributed by atoms with Crippen LogP contribution >= 0.6 is 0 Å². The highest BCUT2D eigenvalue weighted by molar-refractivity contribution is 5.94. The number of methoxy groups -OCH3 is 2. The monoisotopic (exact) mass is 290 g/mol. The van der Waals surface area contributed by atoms with Gasteiger partial charge in [-0.3, -0.25) is 9.59 Å². The highest BCUT2D eigenvalue weighted by atomic mass is 16.7. The number of hydrogen-bond donors (Lipinski definition) is 0. The molecule has 0 fully saturated rings. The second-order valence-corrected chi connectivity index (χ2v) is 4.48. The zero-order chi connectivity index (χ0) is 15.5. The van der Waals surface area contributed by atoms with E-state index in [1.165, 1.54) is 14.0 Å². The molecule has 20 heavy (non-hydrogen) atoms. The van der Waals surface area contributed by atoms with Crippen LogP contribution in [0.5, 0.6) is 0 Å². The van der Waals surface area contributed by atoms with Crippen LogP contribution in [0.1, 0.15) is 40.0 Å². The van der Waals surface area contributed by atoms with Crippen LogP contribution in [0, 0.1) is 5.92 Å². The van der Waals surface area contributed by atoms with E-state index in [0.29, 0.717) is 13.0 Å². The second-order valence-electron chi connectivity index (χ2n) is 4.48. The van der Waals surface area contributed by atoms with E-state index in [0.717, 1.165) is 12.8 Å². The number of carbonyl (C=O) groups is 2. The Morgan fingerprint density at radius 3 is 2.00 bits per heavy atom. The van der Waals surface area contributed by atoms with Gasteiger partial charge in [0.2, 0.25) is 6.29 Å². The molecule has 0 bridgehead atoms. The lowest BCUT2D eigenvalue weighted by atomic mass is 10.1. The molecule has 0 aliphatic rings. The molecule has 0 saturated carbocycles. The highest BCUT2D eigenvalue weighted by Crippen LogP contribution is 2.11. The van der Waals surface area contributed by atoms with Gasteiger partial charge in [-0.25, -0.2) is 0 Å². The molecule has 0 aliphatic carbocycles. The average Bonchev–Trinajstić information content (AvgIpc) is 2.47. The number of esters is 2. The van der Waals surface area contributed by atoms with Crippen molar-refractivity contribution < 1.29 is 28.5 Å². The van der Waals surface area contributed by atoms with E-state index in [4.69, 9.17) is 18.9 Å². The molecule has 0 amide bonds. The van der Waals surface area contributed by atoms with Crippen molar-refractivity contribution in [2.45, 2.75) is 52.4 Å². The molecule has 2 unspecified atom stereocenters. The van der Waals surface area contributed by atoms with Crippen molar-refractivity contribution in [2.75, 3.05) is 20.8 Å². The molecule has 0 rings (SSSR count). The Balaban J connectivity index is 4.33. The first kappa shape index (κ1) is 18.9. The first-order chi connectivity index (χ1) is 9.49.